The molecule has 0 radical (unpaired) electrons. The number of hydrogen-bond donors (Lipinski definition) is 1. The Bertz CT molecular complexity index is 1360. The molecule has 0 saturated heterocycles. The van der Waals surface area contributed by atoms with E-state index in [9.17, 15) is 22.4 Å². The van der Waals surface area contributed by atoms with Crippen LogP contribution in [0.5, 0.6) is 5.75 Å². The first kappa shape index (κ1) is 24.3. The molecule has 0 fully saturated rings. The zero-order chi connectivity index (χ0) is 25.1. The molecule has 1 aromatic heterocycles. The number of carbonyl (C=O) groups excluding carboxylic acids is 1. The molecule has 0 saturated carbocycles. The number of anilines is 1. The van der Waals surface area contributed by atoms with Crippen molar-refractivity contribution < 1.29 is 27.1 Å². The lowest BCUT2D eigenvalue weighted by Gasteiger charge is -2.09. The molecule has 5 nitrogen and oxygen atoms in total. The quantitative estimate of drug-likeness (QED) is 0.238. The predicted octanol–water partition coefficient (Wildman–Crippen LogP) is 6.28. The van der Waals surface area contributed by atoms with Gasteiger partial charge in [0.1, 0.15) is 12.4 Å². The number of carbonyl (C=O) groups is 1. The Hall–Kier alpha value is -3.85. The molecule has 0 atom stereocenters. The molecule has 1 N–H and O–H groups in total. The second kappa shape index (κ2) is 10.2. The highest BCUT2D eigenvalue weighted by atomic mass is 35.5. The van der Waals surface area contributed by atoms with Crippen LogP contribution in [0, 0.1) is 30.2 Å². The van der Waals surface area contributed by atoms with Gasteiger partial charge in [-0.25, -0.2) is 17.6 Å². The first-order valence-corrected chi connectivity index (χ1v) is 10.7. The van der Waals surface area contributed by atoms with E-state index in [1.165, 1.54) is 12.3 Å². The summed E-state index contributed by atoms with van der Waals surface area (Å²) >= 11 is 6.13. The van der Waals surface area contributed by atoms with E-state index in [1.54, 1.807) is 30.3 Å². The van der Waals surface area contributed by atoms with E-state index in [0.29, 0.717) is 16.3 Å². The largest absolute Gasteiger partial charge is 0.487 e. The second-order valence-electron chi connectivity index (χ2n) is 7.72. The fourth-order valence-corrected chi connectivity index (χ4v) is 3.44. The van der Waals surface area contributed by atoms with Gasteiger partial charge in [-0.05, 0) is 42.3 Å². The molecule has 0 bridgehead atoms. The molecule has 0 spiro atoms. The van der Waals surface area contributed by atoms with Crippen LogP contribution in [0.1, 0.15) is 27.0 Å². The summed E-state index contributed by atoms with van der Waals surface area (Å²) < 4.78 is 61.4. The maximum absolute atomic E-state index is 13.9. The zero-order valence-electron chi connectivity index (χ0n) is 18.3. The van der Waals surface area contributed by atoms with Gasteiger partial charge in [0.15, 0.2) is 29.1 Å². The lowest BCUT2D eigenvalue weighted by Crippen LogP contribution is -2.13. The molecule has 1 heterocycles. The number of nitrogens with zero attached hydrogens (tertiary/aromatic N) is 2. The fraction of sp³-hybridized carbons (Fsp3) is 0.120. The van der Waals surface area contributed by atoms with Crippen LogP contribution in [0.25, 0.3) is 0 Å². The second-order valence-corrected chi connectivity index (χ2v) is 8.13. The molecule has 1 amide bonds. The van der Waals surface area contributed by atoms with Gasteiger partial charge in [0, 0.05) is 23.9 Å². The van der Waals surface area contributed by atoms with Crippen LogP contribution < -0.4 is 10.1 Å². The van der Waals surface area contributed by atoms with Crippen molar-refractivity contribution >= 4 is 23.3 Å². The van der Waals surface area contributed by atoms with Gasteiger partial charge < -0.3 is 10.1 Å². The molecule has 35 heavy (non-hydrogen) atoms. The van der Waals surface area contributed by atoms with Crippen LogP contribution >= 0.6 is 11.6 Å². The standard InChI is InChI=1S/C25H18ClF4N3O2/c1-14-2-7-18(26)21(10-14)35-13-15-3-5-16(6-4-15)25(34)31-22-8-9-33(32-22)12-17-23(29)19(27)11-20(28)24(17)30/h2-11H,12-13H2,1H3,(H,31,32,34). The van der Waals surface area contributed by atoms with E-state index in [1.807, 2.05) is 19.1 Å². The third-order valence-electron chi connectivity index (χ3n) is 5.10. The minimum Gasteiger partial charge on any atom is -0.487 e. The lowest BCUT2D eigenvalue weighted by atomic mass is 10.1. The Morgan fingerprint density at radius 2 is 1.69 bits per heavy atom. The van der Waals surface area contributed by atoms with Crippen LogP contribution in [-0.4, -0.2) is 15.7 Å². The van der Waals surface area contributed by atoms with E-state index in [-0.39, 0.29) is 18.5 Å². The van der Waals surface area contributed by atoms with E-state index < -0.39 is 41.3 Å². The van der Waals surface area contributed by atoms with Gasteiger partial charge in [0.25, 0.3) is 5.91 Å². The summed E-state index contributed by atoms with van der Waals surface area (Å²) in [6.07, 6.45) is 1.31. The third-order valence-corrected chi connectivity index (χ3v) is 5.41. The van der Waals surface area contributed by atoms with Crippen LogP contribution in [0.4, 0.5) is 23.4 Å². The van der Waals surface area contributed by atoms with E-state index in [2.05, 4.69) is 10.4 Å². The van der Waals surface area contributed by atoms with Crippen molar-refractivity contribution in [3.63, 3.8) is 0 Å². The highest BCUT2D eigenvalue weighted by Gasteiger charge is 2.20. The summed E-state index contributed by atoms with van der Waals surface area (Å²) in [6.45, 7) is 1.61. The minimum absolute atomic E-state index is 0.0918. The number of halogens is 5. The monoisotopic (exact) mass is 503 g/mol. The van der Waals surface area contributed by atoms with Crippen LogP contribution in [-0.2, 0) is 13.2 Å². The highest BCUT2D eigenvalue weighted by molar-refractivity contribution is 6.32. The number of ether oxygens (including phenoxy) is 1. The molecular weight excluding hydrogens is 486 g/mol. The van der Waals surface area contributed by atoms with Gasteiger partial charge in [0.2, 0.25) is 0 Å². The minimum atomic E-state index is -1.50. The van der Waals surface area contributed by atoms with Crippen LogP contribution in [0.15, 0.2) is 60.8 Å². The van der Waals surface area contributed by atoms with Crippen molar-refractivity contribution in [3.8, 4) is 5.75 Å². The van der Waals surface area contributed by atoms with Gasteiger partial charge in [0.05, 0.1) is 17.1 Å². The summed E-state index contributed by atoms with van der Waals surface area (Å²) in [4.78, 5) is 12.5. The normalized spacial score (nSPS) is 10.9. The number of hydrogen-bond acceptors (Lipinski definition) is 3. The maximum Gasteiger partial charge on any atom is 0.256 e. The number of amides is 1. The van der Waals surface area contributed by atoms with Gasteiger partial charge >= 0.3 is 0 Å². The van der Waals surface area contributed by atoms with Crippen LogP contribution in [0.2, 0.25) is 5.02 Å². The Morgan fingerprint density at radius 1 is 1.00 bits per heavy atom. The third kappa shape index (κ3) is 5.63. The van der Waals surface area contributed by atoms with E-state index >= 15 is 0 Å². The lowest BCUT2D eigenvalue weighted by molar-refractivity contribution is 0.102. The van der Waals surface area contributed by atoms with Crippen molar-refractivity contribution in [1.29, 1.82) is 0 Å². The molecule has 4 aromatic rings. The number of nitrogens with one attached hydrogen (secondary N) is 1. The van der Waals surface area contributed by atoms with Crippen molar-refractivity contribution in [2.75, 3.05) is 5.32 Å². The first-order chi connectivity index (χ1) is 16.7. The van der Waals surface area contributed by atoms with Gasteiger partial charge in [-0.3, -0.25) is 9.48 Å². The van der Waals surface area contributed by atoms with Crippen LogP contribution in [0.3, 0.4) is 0 Å². The molecular formula is C25H18ClF4N3O2. The average Bonchev–Trinajstić information content (AvgIpc) is 3.28. The molecule has 0 aliphatic rings. The molecule has 10 heteroatoms. The van der Waals surface area contributed by atoms with Gasteiger partial charge in [-0.1, -0.05) is 29.8 Å². The van der Waals surface area contributed by atoms with Crippen molar-refractivity contribution in [1.82, 2.24) is 9.78 Å². The summed E-state index contributed by atoms with van der Waals surface area (Å²) in [5, 5.41) is 7.03. The summed E-state index contributed by atoms with van der Waals surface area (Å²) in [6, 6.07) is 13.6. The predicted molar refractivity (Wildman–Crippen MR) is 123 cm³/mol. The Balaban J connectivity index is 1.38. The molecule has 0 unspecified atom stereocenters. The number of benzene rings is 3. The Kier molecular flexibility index (Phi) is 7.07. The molecule has 0 aliphatic heterocycles. The summed E-state index contributed by atoms with van der Waals surface area (Å²) in [5.41, 5.74) is 1.35. The first-order valence-electron chi connectivity index (χ1n) is 10.4. The smallest absolute Gasteiger partial charge is 0.256 e. The van der Waals surface area contributed by atoms with Crippen molar-refractivity contribution in [2.24, 2.45) is 0 Å². The number of aryl methyl sites for hydroxylation is 1. The SMILES string of the molecule is Cc1ccc(Cl)c(OCc2ccc(C(=O)Nc3ccn(Cc4c(F)c(F)cc(F)c4F)n3)cc2)c1. The van der Waals surface area contributed by atoms with E-state index in [4.69, 9.17) is 16.3 Å². The van der Waals surface area contributed by atoms with Gasteiger partial charge in [-0.15, -0.1) is 0 Å². The fourth-order valence-electron chi connectivity index (χ4n) is 3.26. The number of aromatic nitrogens is 2. The maximum atomic E-state index is 13.9. The highest BCUT2D eigenvalue weighted by Crippen LogP contribution is 2.26. The van der Waals surface area contributed by atoms with Crippen molar-refractivity contribution in [2.45, 2.75) is 20.1 Å². The van der Waals surface area contributed by atoms with Crippen molar-refractivity contribution in [3.05, 3.63) is 111 Å². The average molecular weight is 504 g/mol. The molecule has 180 valence electrons. The summed E-state index contributed by atoms with van der Waals surface area (Å²) in [7, 11) is 0. The Labute approximate surface area is 202 Å². The topological polar surface area (TPSA) is 56.1 Å². The summed E-state index contributed by atoms with van der Waals surface area (Å²) in [5.74, 6) is -5.83. The zero-order valence-corrected chi connectivity index (χ0v) is 19.0. The van der Waals surface area contributed by atoms with E-state index in [0.717, 1.165) is 15.8 Å². The molecule has 0 aliphatic carbocycles. The molecule has 4 rings (SSSR count). The van der Waals surface area contributed by atoms with Gasteiger partial charge in [-0.2, -0.15) is 5.10 Å². The molecule has 3 aromatic carbocycles. The Morgan fingerprint density at radius 3 is 2.37 bits per heavy atom. The number of rotatable bonds is 7.